The molecule has 1 aromatic rings. The molecule has 5 nitrogen and oxygen atoms in total. The van der Waals surface area contributed by atoms with E-state index in [0.717, 1.165) is 24.3 Å². The van der Waals surface area contributed by atoms with Gasteiger partial charge in [0.1, 0.15) is 6.17 Å². The Bertz CT molecular complexity index is 558. The van der Waals surface area contributed by atoms with Crippen LogP contribution in [0.2, 0.25) is 0 Å². The van der Waals surface area contributed by atoms with E-state index in [2.05, 4.69) is 11.0 Å². The van der Waals surface area contributed by atoms with Gasteiger partial charge in [-0.15, -0.1) is 0 Å². The van der Waals surface area contributed by atoms with Crippen molar-refractivity contribution in [2.24, 2.45) is 0 Å². The number of nitrogens with zero attached hydrogens (tertiary/aromatic N) is 3. The highest BCUT2D eigenvalue weighted by molar-refractivity contribution is 5.87. The molecular formula is C15H17N3O2. The van der Waals surface area contributed by atoms with Crippen molar-refractivity contribution >= 4 is 11.3 Å². The standard InChI is InChI=1S/C15H17N3O2/c1-19-18-14-5-3-2-4-13(14)12(11-16)10-15(18)17-6-8-20-9-7-17/h2-5,10,15H,6-9H2,1H3. The number of hydrogen-bond donors (Lipinski definition) is 0. The molecule has 0 aromatic heterocycles. The zero-order chi connectivity index (χ0) is 13.9. The van der Waals surface area contributed by atoms with Crippen LogP contribution in [0.5, 0.6) is 0 Å². The second kappa shape index (κ2) is 5.63. The van der Waals surface area contributed by atoms with Crippen LogP contribution in [0.1, 0.15) is 5.56 Å². The fourth-order valence-electron chi connectivity index (χ4n) is 2.74. The van der Waals surface area contributed by atoms with Gasteiger partial charge in [-0.1, -0.05) is 18.2 Å². The number of morpholine rings is 1. The van der Waals surface area contributed by atoms with E-state index in [-0.39, 0.29) is 6.17 Å². The van der Waals surface area contributed by atoms with Gasteiger partial charge in [-0.05, 0) is 12.1 Å². The van der Waals surface area contributed by atoms with Crippen molar-refractivity contribution in [1.82, 2.24) is 4.90 Å². The summed E-state index contributed by atoms with van der Waals surface area (Å²) in [6, 6.07) is 10.1. The number of hydroxylamine groups is 1. The minimum Gasteiger partial charge on any atom is -0.379 e. The Balaban J connectivity index is 2.01. The second-order valence-corrected chi connectivity index (χ2v) is 4.78. The number of benzene rings is 1. The summed E-state index contributed by atoms with van der Waals surface area (Å²) in [6.07, 6.45) is 1.91. The molecule has 0 aliphatic carbocycles. The first kappa shape index (κ1) is 13.1. The summed E-state index contributed by atoms with van der Waals surface area (Å²) in [5.74, 6) is 0. The molecule has 5 heteroatoms. The Morgan fingerprint density at radius 2 is 2.05 bits per heavy atom. The maximum absolute atomic E-state index is 9.39. The average Bonchev–Trinajstić information content (AvgIpc) is 2.54. The largest absolute Gasteiger partial charge is 0.379 e. The third-order valence-corrected chi connectivity index (χ3v) is 3.72. The second-order valence-electron chi connectivity index (χ2n) is 4.78. The summed E-state index contributed by atoms with van der Waals surface area (Å²) < 4.78 is 5.40. The minimum atomic E-state index is -0.0616. The molecule has 1 unspecified atom stereocenters. The fraction of sp³-hybridized carbons (Fsp3) is 0.400. The summed E-state index contributed by atoms with van der Waals surface area (Å²) in [5.41, 5.74) is 2.55. The number of rotatable bonds is 2. The normalized spacial score (nSPS) is 22.9. The first-order chi connectivity index (χ1) is 9.85. The lowest BCUT2D eigenvalue weighted by Gasteiger charge is -2.41. The topological polar surface area (TPSA) is 48.7 Å². The van der Waals surface area contributed by atoms with Crippen LogP contribution in [-0.2, 0) is 9.57 Å². The molecule has 0 spiro atoms. The monoisotopic (exact) mass is 271 g/mol. The van der Waals surface area contributed by atoms with Crippen LogP contribution < -0.4 is 5.06 Å². The van der Waals surface area contributed by atoms with Crippen LogP contribution in [0.3, 0.4) is 0 Å². The van der Waals surface area contributed by atoms with Gasteiger partial charge in [0.2, 0.25) is 0 Å². The zero-order valence-corrected chi connectivity index (χ0v) is 11.5. The van der Waals surface area contributed by atoms with Crippen LogP contribution in [0.25, 0.3) is 5.57 Å². The van der Waals surface area contributed by atoms with Gasteiger partial charge in [-0.3, -0.25) is 9.74 Å². The van der Waals surface area contributed by atoms with Gasteiger partial charge in [0, 0.05) is 18.7 Å². The van der Waals surface area contributed by atoms with E-state index >= 15 is 0 Å². The van der Waals surface area contributed by atoms with Gasteiger partial charge in [0.25, 0.3) is 0 Å². The molecular weight excluding hydrogens is 254 g/mol. The smallest absolute Gasteiger partial charge is 0.129 e. The lowest BCUT2D eigenvalue weighted by molar-refractivity contribution is -0.000650. The molecule has 1 saturated heterocycles. The van der Waals surface area contributed by atoms with Gasteiger partial charge < -0.3 is 4.74 Å². The highest BCUT2D eigenvalue weighted by atomic mass is 16.7. The quantitative estimate of drug-likeness (QED) is 0.818. The minimum absolute atomic E-state index is 0.0616. The summed E-state index contributed by atoms with van der Waals surface area (Å²) >= 11 is 0. The van der Waals surface area contributed by atoms with Gasteiger partial charge in [-0.2, -0.15) is 5.26 Å². The van der Waals surface area contributed by atoms with E-state index in [4.69, 9.17) is 9.57 Å². The molecule has 20 heavy (non-hydrogen) atoms. The molecule has 1 atom stereocenters. The van der Waals surface area contributed by atoms with Crippen LogP contribution in [0.4, 0.5) is 5.69 Å². The number of nitriles is 1. The van der Waals surface area contributed by atoms with Crippen LogP contribution in [0, 0.1) is 11.3 Å². The Kier molecular flexibility index (Phi) is 3.70. The zero-order valence-electron chi connectivity index (χ0n) is 11.5. The van der Waals surface area contributed by atoms with Gasteiger partial charge >= 0.3 is 0 Å². The molecule has 2 aliphatic heterocycles. The van der Waals surface area contributed by atoms with Crippen LogP contribution >= 0.6 is 0 Å². The highest BCUT2D eigenvalue weighted by Gasteiger charge is 2.31. The summed E-state index contributed by atoms with van der Waals surface area (Å²) in [7, 11) is 1.66. The lowest BCUT2D eigenvalue weighted by Crippen LogP contribution is -2.52. The Morgan fingerprint density at radius 3 is 2.75 bits per heavy atom. The summed E-state index contributed by atoms with van der Waals surface area (Å²) in [6.45, 7) is 3.10. The lowest BCUT2D eigenvalue weighted by atomic mass is 9.99. The number of para-hydroxylation sites is 1. The predicted octanol–water partition coefficient (Wildman–Crippen LogP) is 1.63. The number of hydrogen-bond acceptors (Lipinski definition) is 5. The molecule has 1 fully saturated rings. The van der Waals surface area contributed by atoms with Crippen molar-refractivity contribution in [2.75, 3.05) is 38.5 Å². The summed E-state index contributed by atoms with van der Waals surface area (Å²) in [4.78, 5) is 7.84. The Morgan fingerprint density at radius 1 is 1.30 bits per heavy atom. The molecule has 1 aromatic carbocycles. The number of fused-ring (bicyclic) bond motifs is 1. The van der Waals surface area contributed by atoms with E-state index in [1.807, 2.05) is 35.4 Å². The Hall–Kier alpha value is -1.87. The van der Waals surface area contributed by atoms with Crippen molar-refractivity contribution in [1.29, 1.82) is 5.26 Å². The van der Waals surface area contributed by atoms with Crippen LogP contribution in [0.15, 0.2) is 30.3 Å². The van der Waals surface area contributed by atoms with Crippen molar-refractivity contribution in [3.8, 4) is 6.07 Å². The molecule has 0 N–H and O–H groups in total. The van der Waals surface area contributed by atoms with Crippen molar-refractivity contribution < 1.29 is 9.57 Å². The number of allylic oxidation sites excluding steroid dienone is 1. The Labute approximate surface area is 118 Å². The summed E-state index contributed by atoms with van der Waals surface area (Å²) in [5, 5.41) is 11.3. The van der Waals surface area contributed by atoms with Crippen molar-refractivity contribution in [3.05, 3.63) is 35.9 Å². The first-order valence-corrected chi connectivity index (χ1v) is 6.71. The molecule has 2 aliphatic rings. The van der Waals surface area contributed by atoms with E-state index in [0.29, 0.717) is 18.8 Å². The number of ether oxygens (including phenoxy) is 1. The molecule has 3 rings (SSSR count). The molecule has 0 amide bonds. The third kappa shape index (κ3) is 2.18. The molecule has 0 radical (unpaired) electrons. The highest BCUT2D eigenvalue weighted by Crippen LogP contribution is 2.34. The molecule has 0 saturated carbocycles. The van der Waals surface area contributed by atoms with Crippen molar-refractivity contribution in [3.63, 3.8) is 0 Å². The third-order valence-electron chi connectivity index (χ3n) is 3.72. The van der Waals surface area contributed by atoms with E-state index < -0.39 is 0 Å². The average molecular weight is 271 g/mol. The maximum Gasteiger partial charge on any atom is 0.129 e. The maximum atomic E-state index is 9.39. The molecule has 0 bridgehead atoms. The van der Waals surface area contributed by atoms with Gasteiger partial charge in [-0.25, -0.2) is 5.06 Å². The van der Waals surface area contributed by atoms with Gasteiger partial charge in [0.15, 0.2) is 0 Å². The predicted molar refractivity (Wildman–Crippen MR) is 75.7 cm³/mol. The number of anilines is 1. The molecule has 2 heterocycles. The van der Waals surface area contributed by atoms with Crippen molar-refractivity contribution in [2.45, 2.75) is 6.17 Å². The van der Waals surface area contributed by atoms with E-state index in [1.165, 1.54) is 0 Å². The van der Waals surface area contributed by atoms with E-state index in [9.17, 15) is 5.26 Å². The van der Waals surface area contributed by atoms with Gasteiger partial charge in [0.05, 0.1) is 37.7 Å². The van der Waals surface area contributed by atoms with E-state index in [1.54, 1.807) is 7.11 Å². The SMILES string of the molecule is CON1c2ccccc2C(C#N)=CC1N1CCOCC1. The van der Waals surface area contributed by atoms with Crippen LogP contribution in [-0.4, -0.2) is 44.5 Å². The fourth-order valence-corrected chi connectivity index (χ4v) is 2.74. The first-order valence-electron chi connectivity index (χ1n) is 6.71. The molecule has 104 valence electrons.